The van der Waals surface area contributed by atoms with Crippen molar-refractivity contribution in [3.63, 3.8) is 0 Å². The number of ether oxygens (including phenoxy) is 1. The second-order valence-electron chi connectivity index (χ2n) is 9.20. The number of hydrogen-bond acceptors (Lipinski definition) is 3. The molecule has 0 aliphatic carbocycles. The number of nitrogens with one attached hydrogen (secondary N) is 2. The monoisotopic (exact) mass is 517 g/mol. The average molecular weight is 518 g/mol. The largest absolute Gasteiger partial charge is 0.416 e. The van der Waals surface area contributed by atoms with Gasteiger partial charge < -0.3 is 20.3 Å². The van der Waals surface area contributed by atoms with Crippen molar-refractivity contribution in [2.24, 2.45) is 0 Å². The summed E-state index contributed by atoms with van der Waals surface area (Å²) in [5, 5.41) is 6.31. The number of piperidine rings is 1. The van der Waals surface area contributed by atoms with Gasteiger partial charge in [0.05, 0.1) is 29.4 Å². The molecule has 0 radical (unpaired) electrons. The van der Waals surface area contributed by atoms with Gasteiger partial charge in [0.2, 0.25) is 0 Å². The van der Waals surface area contributed by atoms with E-state index >= 15 is 0 Å². The minimum Gasteiger partial charge on any atom is -0.372 e. The quantitative estimate of drug-likeness (QED) is 0.482. The molecule has 2 amide bonds. The highest BCUT2D eigenvalue weighted by atomic mass is 19.4. The number of halogens is 6. The fourth-order valence-electron chi connectivity index (χ4n) is 4.14. The highest BCUT2D eigenvalue weighted by Crippen LogP contribution is 2.39. The van der Waals surface area contributed by atoms with Gasteiger partial charge in [-0.25, -0.2) is 4.79 Å². The lowest BCUT2D eigenvalue weighted by Crippen LogP contribution is -2.58. The van der Waals surface area contributed by atoms with Crippen molar-refractivity contribution in [1.82, 2.24) is 15.5 Å². The van der Waals surface area contributed by atoms with Gasteiger partial charge in [0, 0.05) is 26.7 Å². The van der Waals surface area contributed by atoms with E-state index in [4.69, 9.17) is 4.74 Å². The molecule has 3 rings (SSSR count). The van der Waals surface area contributed by atoms with Gasteiger partial charge in [-0.15, -0.1) is 0 Å². The highest BCUT2D eigenvalue weighted by molar-refractivity contribution is 5.73. The number of amides is 2. The van der Waals surface area contributed by atoms with Crippen LogP contribution in [0.1, 0.15) is 48.1 Å². The Morgan fingerprint density at radius 2 is 1.67 bits per heavy atom. The molecule has 11 heteroatoms. The normalized spacial score (nSPS) is 21.6. The van der Waals surface area contributed by atoms with E-state index in [-0.39, 0.29) is 30.3 Å². The zero-order chi connectivity index (χ0) is 26.7. The fourth-order valence-corrected chi connectivity index (χ4v) is 4.14. The van der Waals surface area contributed by atoms with E-state index in [1.54, 1.807) is 14.1 Å². The Morgan fingerprint density at radius 3 is 2.14 bits per heavy atom. The first-order valence-corrected chi connectivity index (χ1v) is 11.4. The topological polar surface area (TPSA) is 53.6 Å². The van der Waals surface area contributed by atoms with Gasteiger partial charge in [-0.1, -0.05) is 30.3 Å². The average Bonchev–Trinajstić information content (AvgIpc) is 2.82. The molecule has 2 N–H and O–H groups in total. The molecule has 2 aromatic rings. The van der Waals surface area contributed by atoms with Crippen LogP contribution in [0.3, 0.4) is 0 Å². The molecule has 0 bridgehead atoms. The Kier molecular flexibility index (Phi) is 8.24. The summed E-state index contributed by atoms with van der Waals surface area (Å²) >= 11 is 0. The maximum Gasteiger partial charge on any atom is 0.416 e. The Hall–Kier alpha value is -2.79. The van der Waals surface area contributed by atoms with E-state index in [2.05, 4.69) is 10.6 Å². The van der Waals surface area contributed by atoms with E-state index in [0.29, 0.717) is 31.5 Å². The zero-order valence-corrected chi connectivity index (χ0v) is 20.1. The van der Waals surface area contributed by atoms with E-state index < -0.39 is 35.1 Å². The third-order valence-corrected chi connectivity index (χ3v) is 6.33. The number of alkyl halides is 6. The summed E-state index contributed by atoms with van der Waals surface area (Å²) in [5.41, 5.74) is -2.84. The molecule has 1 aliphatic rings. The first kappa shape index (κ1) is 27.8. The second-order valence-corrected chi connectivity index (χ2v) is 9.20. The van der Waals surface area contributed by atoms with E-state index in [1.165, 1.54) is 11.8 Å². The second kappa shape index (κ2) is 10.7. The molecule has 0 aromatic heterocycles. The maximum absolute atomic E-state index is 13.3. The number of nitrogens with zero attached hydrogens (tertiary/aromatic N) is 1. The van der Waals surface area contributed by atoms with Gasteiger partial charge in [-0.05, 0) is 49.1 Å². The van der Waals surface area contributed by atoms with Crippen LogP contribution in [-0.4, -0.2) is 44.2 Å². The lowest BCUT2D eigenvalue weighted by molar-refractivity contribution is -0.143. The summed E-state index contributed by atoms with van der Waals surface area (Å²) in [4.78, 5) is 13.4. The molecule has 5 nitrogen and oxygen atoms in total. The van der Waals surface area contributed by atoms with Crippen LogP contribution in [0, 0.1) is 0 Å². The molecule has 1 saturated heterocycles. The van der Waals surface area contributed by atoms with E-state index in [1.807, 2.05) is 30.3 Å². The smallest absolute Gasteiger partial charge is 0.372 e. The van der Waals surface area contributed by atoms with Crippen LogP contribution in [0.5, 0.6) is 0 Å². The number of urea groups is 1. The molecule has 3 atom stereocenters. The first-order chi connectivity index (χ1) is 16.7. The van der Waals surface area contributed by atoms with Crippen molar-refractivity contribution < 1.29 is 35.9 Å². The highest BCUT2D eigenvalue weighted by Gasteiger charge is 2.39. The van der Waals surface area contributed by atoms with Crippen molar-refractivity contribution in [2.75, 3.05) is 27.2 Å². The summed E-state index contributed by atoms with van der Waals surface area (Å²) in [7, 11) is 3.26. The number of benzene rings is 2. The summed E-state index contributed by atoms with van der Waals surface area (Å²) in [5.74, 6) is 0. The van der Waals surface area contributed by atoms with Crippen LogP contribution in [-0.2, 0) is 22.6 Å². The number of rotatable bonds is 6. The molecule has 1 unspecified atom stereocenters. The molecule has 0 spiro atoms. The number of carbonyl (C=O) groups excluding carboxylic acids is 1. The fraction of sp³-hybridized carbons (Fsp3) is 0.480. The van der Waals surface area contributed by atoms with Crippen molar-refractivity contribution in [1.29, 1.82) is 0 Å². The predicted octanol–water partition coefficient (Wildman–Crippen LogP) is 5.72. The minimum absolute atomic E-state index is 0.00409. The van der Waals surface area contributed by atoms with Crippen molar-refractivity contribution in [2.45, 2.75) is 49.8 Å². The Morgan fingerprint density at radius 1 is 1.08 bits per heavy atom. The summed E-state index contributed by atoms with van der Waals surface area (Å²) in [6, 6.07) is 10.4. The zero-order valence-electron chi connectivity index (χ0n) is 20.1. The van der Waals surface area contributed by atoms with E-state index in [0.717, 1.165) is 5.56 Å². The Balaban J connectivity index is 1.82. The lowest BCUT2D eigenvalue weighted by atomic mass is 9.81. The van der Waals surface area contributed by atoms with Crippen molar-refractivity contribution >= 4 is 6.03 Å². The maximum atomic E-state index is 13.3. The summed E-state index contributed by atoms with van der Waals surface area (Å²) < 4.78 is 85.6. The van der Waals surface area contributed by atoms with Crippen LogP contribution in [0.15, 0.2) is 48.5 Å². The lowest BCUT2D eigenvalue weighted by Gasteiger charge is -2.42. The first-order valence-electron chi connectivity index (χ1n) is 11.4. The molecule has 2 aromatic carbocycles. The molecule has 36 heavy (non-hydrogen) atoms. The molecule has 1 aliphatic heterocycles. The van der Waals surface area contributed by atoms with Crippen LogP contribution in [0.25, 0.3) is 0 Å². The minimum atomic E-state index is -4.93. The predicted molar refractivity (Wildman–Crippen MR) is 122 cm³/mol. The summed E-state index contributed by atoms with van der Waals surface area (Å²) in [6.07, 6.45) is -9.78. The standard InChI is InChI=1S/C25H29F6N3O2/c1-16(17-11-19(24(26,27)28)13-20(12-17)25(29,30)31)36-15-23(18-7-5-4-6-8-18)10-9-21(14-32-23)33-22(35)34(2)3/h4-8,11-13,16,21,32H,9-10,14-15H2,1-3H3,(H,33,35)/t16?,21-,23+/m0/s1. The molecule has 1 fully saturated rings. The molecular weight excluding hydrogens is 488 g/mol. The van der Waals surface area contributed by atoms with Crippen molar-refractivity contribution in [3.05, 3.63) is 70.8 Å². The number of hydrogen-bond donors (Lipinski definition) is 2. The van der Waals surface area contributed by atoms with Crippen LogP contribution < -0.4 is 10.6 Å². The molecule has 0 saturated carbocycles. The van der Waals surface area contributed by atoms with Gasteiger partial charge in [0.1, 0.15) is 0 Å². The number of carbonyl (C=O) groups is 1. The van der Waals surface area contributed by atoms with Gasteiger partial charge >= 0.3 is 18.4 Å². The SMILES string of the molecule is CC(OC[C@@]1(c2ccccc2)CC[C@H](NC(=O)N(C)C)CN1)c1cc(C(F)(F)F)cc(C(F)(F)F)c1. The van der Waals surface area contributed by atoms with Crippen LogP contribution in [0.2, 0.25) is 0 Å². The third-order valence-electron chi connectivity index (χ3n) is 6.33. The molecular formula is C25H29F6N3O2. The van der Waals surface area contributed by atoms with E-state index in [9.17, 15) is 31.1 Å². The van der Waals surface area contributed by atoms with Gasteiger partial charge in [0.15, 0.2) is 0 Å². The van der Waals surface area contributed by atoms with Crippen LogP contribution in [0.4, 0.5) is 31.1 Å². The van der Waals surface area contributed by atoms with Crippen LogP contribution >= 0.6 is 0 Å². The van der Waals surface area contributed by atoms with Gasteiger partial charge in [-0.3, -0.25) is 0 Å². The van der Waals surface area contributed by atoms with Gasteiger partial charge in [-0.2, -0.15) is 26.3 Å². The molecule has 1 heterocycles. The van der Waals surface area contributed by atoms with Crippen molar-refractivity contribution in [3.8, 4) is 0 Å². The molecule has 198 valence electrons. The van der Waals surface area contributed by atoms with Gasteiger partial charge in [0.25, 0.3) is 0 Å². The third kappa shape index (κ3) is 6.70. The Bertz CT molecular complexity index is 1000. The summed E-state index contributed by atoms with van der Waals surface area (Å²) in [6.45, 7) is 1.84. The Labute approximate surface area is 205 Å².